The quantitative estimate of drug-likeness (QED) is 0.759. The predicted molar refractivity (Wildman–Crippen MR) is 65.0 cm³/mol. The van der Waals surface area contributed by atoms with Crippen molar-refractivity contribution in [1.29, 1.82) is 0 Å². The highest BCUT2D eigenvalue weighted by Gasteiger charge is 2.31. The smallest absolute Gasteiger partial charge is 0.0695 e. The maximum atomic E-state index is 10.1. The second kappa shape index (κ2) is 6.49. The Morgan fingerprint density at radius 3 is 2.47 bits per heavy atom. The van der Waals surface area contributed by atoms with Gasteiger partial charge in [-0.3, -0.25) is 4.90 Å². The van der Waals surface area contributed by atoms with Gasteiger partial charge in [0.2, 0.25) is 0 Å². The Bertz CT molecular complexity index is 172. The van der Waals surface area contributed by atoms with E-state index in [9.17, 15) is 5.11 Å². The topological polar surface area (TPSA) is 23.5 Å². The van der Waals surface area contributed by atoms with Crippen LogP contribution in [0.5, 0.6) is 0 Å². The SMILES string of the molecule is CCCN(CC)C1CC(CC)CCC1O. The van der Waals surface area contributed by atoms with Gasteiger partial charge in [-0.2, -0.15) is 0 Å². The van der Waals surface area contributed by atoms with Crippen LogP contribution in [0, 0.1) is 5.92 Å². The molecule has 0 radical (unpaired) electrons. The van der Waals surface area contributed by atoms with Gasteiger partial charge in [0.05, 0.1) is 6.10 Å². The number of aliphatic hydroxyl groups excluding tert-OH is 1. The maximum Gasteiger partial charge on any atom is 0.0695 e. The van der Waals surface area contributed by atoms with E-state index in [0.29, 0.717) is 6.04 Å². The van der Waals surface area contributed by atoms with E-state index in [1.54, 1.807) is 0 Å². The fourth-order valence-electron chi connectivity index (χ4n) is 2.82. The lowest BCUT2D eigenvalue weighted by molar-refractivity contribution is 0.00453. The third-order valence-corrected chi connectivity index (χ3v) is 3.85. The van der Waals surface area contributed by atoms with Gasteiger partial charge in [0.15, 0.2) is 0 Å². The number of hydrogen-bond donors (Lipinski definition) is 1. The Kier molecular flexibility index (Phi) is 5.62. The van der Waals surface area contributed by atoms with Crippen molar-refractivity contribution in [2.45, 2.75) is 65.0 Å². The summed E-state index contributed by atoms with van der Waals surface area (Å²) >= 11 is 0. The van der Waals surface area contributed by atoms with Crippen LogP contribution in [-0.4, -0.2) is 35.2 Å². The summed E-state index contributed by atoms with van der Waals surface area (Å²) in [5.41, 5.74) is 0. The zero-order chi connectivity index (χ0) is 11.3. The Labute approximate surface area is 94.7 Å². The summed E-state index contributed by atoms with van der Waals surface area (Å²) in [7, 11) is 0. The van der Waals surface area contributed by atoms with E-state index in [1.807, 2.05) is 0 Å². The van der Waals surface area contributed by atoms with Crippen LogP contribution in [0.15, 0.2) is 0 Å². The van der Waals surface area contributed by atoms with Gasteiger partial charge in [0.25, 0.3) is 0 Å². The summed E-state index contributed by atoms with van der Waals surface area (Å²) in [5, 5.41) is 10.1. The van der Waals surface area contributed by atoms with E-state index in [0.717, 1.165) is 25.4 Å². The fraction of sp³-hybridized carbons (Fsp3) is 1.00. The fourth-order valence-corrected chi connectivity index (χ4v) is 2.82. The third kappa shape index (κ3) is 3.46. The van der Waals surface area contributed by atoms with Crippen LogP contribution >= 0.6 is 0 Å². The van der Waals surface area contributed by atoms with Gasteiger partial charge in [0.1, 0.15) is 0 Å². The van der Waals surface area contributed by atoms with Crippen molar-refractivity contribution in [3.63, 3.8) is 0 Å². The highest BCUT2D eigenvalue weighted by Crippen LogP contribution is 2.30. The Hall–Kier alpha value is -0.0800. The molecule has 3 unspecified atom stereocenters. The molecule has 1 aliphatic carbocycles. The standard InChI is InChI=1S/C13H27NO/c1-4-9-14(6-3)12-10-11(5-2)7-8-13(12)15/h11-13,15H,4-10H2,1-3H3. The molecule has 0 saturated heterocycles. The first kappa shape index (κ1) is 13.0. The molecule has 0 aromatic heterocycles. The summed E-state index contributed by atoms with van der Waals surface area (Å²) in [6, 6.07) is 0.425. The normalized spacial score (nSPS) is 32.2. The molecule has 0 bridgehead atoms. The number of likely N-dealkylation sites (N-methyl/N-ethyl adjacent to an activating group) is 1. The maximum absolute atomic E-state index is 10.1. The highest BCUT2D eigenvalue weighted by atomic mass is 16.3. The lowest BCUT2D eigenvalue weighted by Crippen LogP contribution is -2.47. The van der Waals surface area contributed by atoms with E-state index in [-0.39, 0.29) is 6.10 Å². The van der Waals surface area contributed by atoms with Gasteiger partial charge >= 0.3 is 0 Å². The first-order valence-electron chi connectivity index (χ1n) is 6.64. The summed E-state index contributed by atoms with van der Waals surface area (Å²) in [4.78, 5) is 2.46. The molecule has 1 saturated carbocycles. The number of hydrogen-bond acceptors (Lipinski definition) is 2. The molecular formula is C13H27NO. The minimum Gasteiger partial charge on any atom is -0.391 e. The molecule has 0 aliphatic heterocycles. The third-order valence-electron chi connectivity index (χ3n) is 3.85. The summed E-state index contributed by atoms with van der Waals surface area (Å²) in [5.74, 6) is 0.837. The van der Waals surface area contributed by atoms with Gasteiger partial charge in [-0.1, -0.05) is 27.2 Å². The molecule has 3 atom stereocenters. The summed E-state index contributed by atoms with van der Waals surface area (Å²) in [6.45, 7) is 8.91. The van der Waals surface area contributed by atoms with Crippen molar-refractivity contribution in [3.8, 4) is 0 Å². The van der Waals surface area contributed by atoms with Crippen LogP contribution in [0.2, 0.25) is 0 Å². The van der Waals surface area contributed by atoms with Gasteiger partial charge in [-0.15, -0.1) is 0 Å². The number of aliphatic hydroxyl groups is 1. The van der Waals surface area contributed by atoms with Crippen LogP contribution in [-0.2, 0) is 0 Å². The van der Waals surface area contributed by atoms with E-state index in [4.69, 9.17) is 0 Å². The van der Waals surface area contributed by atoms with Crippen molar-refractivity contribution < 1.29 is 5.11 Å². The van der Waals surface area contributed by atoms with Crippen LogP contribution in [0.3, 0.4) is 0 Å². The molecule has 15 heavy (non-hydrogen) atoms. The van der Waals surface area contributed by atoms with Gasteiger partial charge in [0, 0.05) is 6.04 Å². The van der Waals surface area contributed by atoms with Crippen LogP contribution in [0.25, 0.3) is 0 Å². The van der Waals surface area contributed by atoms with Crippen molar-refractivity contribution in [3.05, 3.63) is 0 Å². The van der Waals surface area contributed by atoms with E-state index in [1.165, 1.54) is 25.7 Å². The molecular weight excluding hydrogens is 186 g/mol. The largest absolute Gasteiger partial charge is 0.391 e. The first-order chi connectivity index (χ1) is 7.22. The molecule has 0 spiro atoms. The van der Waals surface area contributed by atoms with Crippen LogP contribution < -0.4 is 0 Å². The monoisotopic (exact) mass is 213 g/mol. The molecule has 1 N–H and O–H groups in total. The van der Waals surface area contributed by atoms with Crippen molar-refractivity contribution in [1.82, 2.24) is 4.90 Å². The van der Waals surface area contributed by atoms with Gasteiger partial charge in [-0.25, -0.2) is 0 Å². The molecule has 1 aliphatic rings. The lowest BCUT2D eigenvalue weighted by atomic mass is 9.81. The van der Waals surface area contributed by atoms with E-state index in [2.05, 4.69) is 25.7 Å². The van der Waals surface area contributed by atoms with Crippen LogP contribution in [0.4, 0.5) is 0 Å². The summed E-state index contributed by atoms with van der Waals surface area (Å²) in [6.07, 6.45) is 5.80. The van der Waals surface area contributed by atoms with Crippen molar-refractivity contribution in [2.75, 3.05) is 13.1 Å². The average Bonchev–Trinajstić information content (AvgIpc) is 2.27. The average molecular weight is 213 g/mol. The summed E-state index contributed by atoms with van der Waals surface area (Å²) < 4.78 is 0. The molecule has 0 aromatic carbocycles. The van der Waals surface area contributed by atoms with E-state index < -0.39 is 0 Å². The molecule has 90 valence electrons. The van der Waals surface area contributed by atoms with Gasteiger partial charge < -0.3 is 5.11 Å². The second-order valence-electron chi connectivity index (χ2n) is 4.85. The number of rotatable bonds is 5. The van der Waals surface area contributed by atoms with Crippen molar-refractivity contribution >= 4 is 0 Å². The predicted octanol–water partition coefficient (Wildman–Crippen LogP) is 2.66. The molecule has 0 aromatic rings. The zero-order valence-electron chi connectivity index (χ0n) is 10.6. The molecule has 1 fully saturated rings. The Morgan fingerprint density at radius 2 is 1.93 bits per heavy atom. The molecule has 1 rings (SSSR count). The molecule has 0 heterocycles. The second-order valence-corrected chi connectivity index (χ2v) is 4.85. The number of nitrogens with zero attached hydrogens (tertiary/aromatic N) is 1. The first-order valence-corrected chi connectivity index (χ1v) is 6.64. The van der Waals surface area contributed by atoms with Gasteiger partial charge in [-0.05, 0) is 44.7 Å². The van der Waals surface area contributed by atoms with Crippen molar-refractivity contribution in [2.24, 2.45) is 5.92 Å². The molecule has 2 heteroatoms. The minimum absolute atomic E-state index is 0.0840. The minimum atomic E-state index is -0.0840. The highest BCUT2D eigenvalue weighted by molar-refractivity contribution is 4.86. The molecule has 2 nitrogen and oxygen atoms in total. The Balaban J connectivity index is 2.54. The van der Waals surface area contributed by atoms with E-state index >= 15 is 0 Å². The Morgan fingerprint density at radius 1 is 1.20 bits per heavy atom. The molecule has 0 amide bonds. The lowest BCUT2D eigenvalue weighted by Gasteiger charge is -2.40. The zero-order valence-corrected chi connectivity index (χ0v) is 10.6. The van der Waals surface area contributed by atoms with Crippen LogP contribution in [0.1, 0.15) is 52.9 Å².